The van der Waals surface area contributed by atoms with E-state index < -0.39 is 42.8 Å². The molecule has 1 aromatic rings. The van der Waals surface area contributed by atoms with Crippen LogP contribution in [0.15, 0.2) is 4.52 Å². The van der Waals surface area contributed by atoms with Crippen LogP contribution in [0.1, 0.15) is 24.2 Å². The van der Waals surface area contributed by atoms with E-state index in [1.165, 1.54) is 0 Å². The van der Waals surface area contributed by atoms with E-state index in [9.17, 15) is 22.0 Å². The Labute approximate surface area is 85.8 Å². The molecular formula is C7H6F5N3O. The van der Waals surface area contributed by atoms with Crippen LogP contribution in [-0.2, 0) is 6.18 Å². The van der Waals surface area contributed by atoms with Gasteiger partial charge in [-0.1, -0.05) is 5.16 Å². The van der Waals surface area contributed by atoms with Gasteiger partial charge in [-0.25, -0.2) is 8.78 Å². The number of hydrogen-bond acceptors (Lipinski definition) is 4. The van der Waals surface area contributed by atoms with Gasteiger partial charge in [0, 0.05) is 6.42 Å². The van der Waals surface area contributed by atoms with Crippen molar-refractivity contribution in [3.8, 4) is 0 Å². The van der Waals surface area contributed by atoms with E-state index in [4.69, 9.17) is 0 Å². The Kier molecular flexibility index (Phi) is 2.37. The van der Waals surface area contributed by atoms with Crippen molar-refractivity contribution >= 4 is 0 Å². The monoisotopic (exact) mass is 243 g/mol. The molecular weight excluding hydrogens is 237 g/mol. The third-order valence-electron chi connectivity index (χ3n) is 2.11. The molecule has 1 aliphatic heterocycles. The molecule has 1 saturated heterocycles. The number of rotatable bonds is 1. The van der Waals surface area contributed by atoms with Gasteiger partial charge in [-0.15, -0.1) is 0 Å². The van der Waals surface area contributed by atoms with Crippen LogP contribution in [0.5, 0.6) is 0 Å². The molecule has 9 heteroatoms. The molecule has 1 atom stereocenters. The Balaban J connectivity index is 2.15. The zero-order chi connectivity index (χ0) is 12.0. The SMILES string of the molecule is FC1(F)CNC(c2noc(C(F)(F)F)n2)C1. The average molecular weight is 243 g/mol. The molecule has 0 radical (unpaired) electrons. The second-order valence-corrected chi connectivity index (χ2v) is 3.45. The molecule has 2 rings (SSSR count). The van der Waals surface area contributed by atoms with Gasteiger partial charge in [-0.05, 0) is 0 Å². The van der Waals surface area contributed by atoms with Gasteiger partial charge in [0.25, 0.3) is 5.92 Å². The third-order valence-corrected chi connectivity index (χ3v) is 2.11. The zero-order valence-corrected chi connectivity index (χ0v) is 7.68. The normalized spacial score (nSPS) is 24.9. The predicted molar refractivity (Wildman–Crippen MR) is 39.6 cm³/mol. The largest absolute Gasteiger partial charge is 0.471 e. The second-order valence-electron chi connectivity index (χ2n) is 3.45. The minimum atomic E-state index is -4.76. The highest BCUT2D eigenvalue weighted by molar-refractivity contribution is 5.02. The summed E-state index contributed by atoms with van der Waals surface area (Å²) >= 11 is 0. The summed E-state index contributed by atoms with van der Waals surface area (Å²) < 4.78 is 65.7. The molecule has 1 N–H and O–H groups in total. The van der Waals surface area contributed by atoms with Gasteiger partial charge < -0.3 is 9.84 Å². The van der Waals surface area contributed by atoms with E-state index >= 15 is 0 Å². The quantitative estimate of drug-likeness (QED) is 0.763. The van der Waals surface area contributed by atoms with E-state index in [0.29, 0.717) is 0 Å². The van der Waals surface area contributed by atoms with E-state index in [0.717, 1.165) is 0 Å². The second kappa shape index (κ2) is 3.37. The van der Waals surface area contributed by atoms with Crippen LogP contribution in [0, 0.1) is 0 Å². The van der Waals surface area contributed by atoms with Crippen LogP contribution >= 0.6 is 0 Å². The van der Waals surface area contributed by atoms with E-state index in [1.807, 2.05) is 0 Å². The number of alkyl halides is 5. The van der Waals surface area contributed by atoms with Crippen molar-refractivity contribution in [2.24, 2.45) is 0 Å². The summed E-state index contributed by atoms with van der Waals surface area (Å²) in [5, 5.41) is 5.35. The Morgan fingerprint density at radius 2 is 2.06 bits per heavy atom. The van der Waals surface area contributed by atoms with E-state index in [1.54, 1.807) is 0 Å². The van der Waals surface area contributed by atoms with Crippen molar-refractivity contribution < 1.29 is 26.5 Å². The van der Waals surface area contributed by atoms with Gasteiger partial charge in [0.05, 0.1) is 12.6 Å². The molecule has 1 unspecified atom stereocenters. The first-order valence-electron chi connectivity index (χ1n) is 4.30. The highest BCUT2D eigenvalue weighted by atomic mass is 19.4. The molecule has 90 valence electrons. The molecule has 4 nitrogen and oxygen atoms in total. The first kappa shape index (κ1) is 11.2. The summed E-state index contributed by atoms with van der Waals surface area (Å²) in [7, 11) is 0. The lowest BCUT2D eigenvalue weighted by atomic mass is 10.2. The first-order valence-corrected chi connectivity index (χ1v) is 4.30. The molecule has 1 aromatic heterocycles. The fourth-order valence-electron chi connectivity index (χ4n) is 1.39. The topological polar surface area (TPSA) is 51.0 Å². The first-order chi connectivity index (χ1) is 7.28. The lowest BCUT2D eigenvalue weighted by Crippen LogP contribution is -2.19. The van der Waals surface area contributed by atoms with E-state index in [2.05, 4.69) is 20.0 Å². The zero-order valence-electron chi connectivity index (χ0n) is 7.68. The number of halogens is 5. The van der Waals surface area contributed by atoms with Gasteiger partial charge in [0.2, 0.25) is 0 Å². The Morgan fingerprint density at radius 3 is 2.50 bits per heavy atom. The van der Waals surface area contributed by atoms with Crippen molar-refractivity contribution in [2.75, 3.05) is 6.54 Å². The van der Waals surface area contributed by atoms with Crippen molar-refractivity contribution in [3.05, 3.63) is 11.7 Å². The average Bonchev–Trinajstić information content (AvgIpc) is 2.68. The minimum Gasteiger partial charge on any atom is -0.329 e. The highest BCUT2D eigenvalue weighted by Gasteiger charge is 2.44. The lowest BCUT2D eigenvalue weighted by Gasteiger charge is -2.04. The number of hydrogen-bond donors (Lipinski definition) is 1. The lowest BCUT2D eigenvalue weighted by molar-refractivity contribution is -0.159. The molecule has 0 bridgehead atoms. The molecule has 0 saturated carbocycles. The van der Waals surface area contributed by atoms with Gasteiger partial charge in [0.1, 0.15) is 0 Å². The fourth-order valence-corrected chi connectivity index (χ4v) is 1.39. The predicted octanol–water partition coefficient (Wildman–Crippen LogP) is 1.76. The number of nitrogens with zero attached hydrogens (tertiary/aromatic N) is 2. The maximum Gasteiger partial charge on any atom is 0.471 e. The Bertz CT molecular complexity index is 388. The van der Waals surface area contributed by atoms with Crippen molar-refractivity contribution in [2.45, 2.75) is 24.6 Å². The molecule has 1 aliphatic rings. The van der Waals surface area contributed by atoms with Crippen LogP contribution in [0.25, 0.3) is 0 Å². The minimum absolute atomic E-state index is 0.399. The van der Waals surface area contributed by atoms with Crippen LogP contribution in [0.2, 0.25) is 0 Å². The van der Waals surface area contributed by atoms with Crippen LogP contribution in [0.4, 0.5) is 22.0 Å². The van der Waals surface area contributed by atoms with Crippen LogP contribution in [-0.4, -0.2) is 22.6 Å². The summed E-state index contributed by atoms with van der Waals surface area (Å²) in [6.07, 6.45) is -5.39. The van der Waals surface area contributed by atoms with Crippen molar-refractivity contribution in [3.63, 3.8) is 0 Å². The molecule has 2 heterocycles. The molecule has 0 amide bonds. The highest BCUT2D eigenvalue weighted by Crippen LogP contribution is 2.34. The number of nitrogens with one attached hydrogen (secondary N) is 1. The maximum absolute atomic E-state index is 12.8. The van der Waals surface area contributed by atoms with E-state index in [-0.39, 0.29) is 0 Å². The fraction of sp³-hybridized carbons (Fsp3) is 0.714. The van der Waals surface area contributed by atoms with Gasteiger partial charge in [0.15, 0.2) is 5.82 Å². The van der Waals surface area contributed by atoms with Crippen LogP contribution in [0.3, 0.4) is 0 Å². The smallest absolute Gasteiger partial charge is 0.329 e. The molecule has 16 heavy (non-hydrogen) atoms. The Hall–Kier alpha value is -1.25. The summed E-state index contributed by atoms with van der Waals surface area (Å²) in [5.41, 5.74) is 0. The van der Waals surface area contributed by atoms with Gasteiger partial charge >= 0.3 is 12.1 Å². The summed E-state index contributed by atoms with van der Waals surface area (Å²) in [4.78, 5) is 3.03. The van der Waals surface area contributed by atoms with Gasteiger partial charge in [-0.2, -0.15) is 18.2 Å². The van der Waals surface area contributed by atoms with Crippen molar-refractivity contribution in [1.82, 2.24) is 15.5 Å². The van der Waals surface area contributed by atoms with Crippen LogP contribution < -0.4 is 5.32 Å². The summed E-state index contributed by atoms with van der Waals surface area (Å²) in [5.74, 6) is -4.88. The summed E-state index contributed by atoms with van der Waals surface area (Å²) in [6, 6.07) is -1.00. The Morgan fingerprint density at radius 1 is 1.38 bits per heavy atom. The third kappa shape index (κ3) is 2.13. The summed E-state index contributed by atoms with van der Waals surface area (Å²) in [6.45, 7) is -0.604. The molecule has 0 spiro atoms. The van der Waals surface area contributed by atoms with Crippen molar-refractivity contribution in [1.29, 1.82) is 0 Å². The standard InChI is InChI=1S/C7H6F5N3O/c8-6(9)1-3(13-2-6)4-14-5(16-15-4)7(10,11)12/h3,13H,1-2H2. The molecule has 0 aromatic carbocycles. The maximum atomic E-state index is 12.8. The van der Waals surface area contributed by atoms with Gasteiger partial charge in [-0.3, -0.25) is 0 Å². The molecule has 0 aliphatic carbocycles. The molecule has 1 fully saturated rings. The number of aromatic nitrogens is 2.